The molecule has 4 rings (SSSR count). The van der Waals surface area contributed by atoms with Gasteiger partial charge in [0.05, 0.1) is 11.3 Å². The third kappa shape index (κ3) is 5.12. The molecule has 4 aromatic rings. The van der Waals surface area contributed by atoms with Crippen LogP contribution >= 0.6 is 15.9 Å². The van der Waals surface area contributed by atoms with Crippen LogP contribution in [0.1, 0.15) is 11.4 Å². The van der Waals surface area contributed by atoms with E-state index in [0.717, 1.165) is 10.0 Å². The van der Waals surface area contributed by atoms with Gasteiger partial charge in [0, 0.05) is 10.9 Å². The molecule has 0 fully saturated rings. The first-order valence-corrected chi connectivity index (χ1v) is 10.1. The lowest BCUT2D eigenvalue weighted by Gasteiger charge is -2.09. The van der Waals surface area contributed by atoms with E-state index in [1.54, 1.807) is 18.2 Å². The lowest BCUT2D eigenvalue weighted by molar-refractivity contribution is -0.118. The summed E-state index contributed by atoms with van der Waals surface area (Å²) in [4.78, 5) is 16.9. The highest BCUT2D eigenvalue weighted by Gasteiger charge is 2.15. The van der Waals surface area contributed by atoms with Gasteiger partial charge in [0.15, 0.2) is 12.4 Å². The van der Waals surface area contributed by atoms with Crippen LogP contribution in [0, 0.1) is 0 Å². The van der Waals surface area contributed by atoms with Gasteiger partial charge < -0.3 is 14.6 Å². The number of hydrogen-bond acceptors (Lipinski definition) is 5. The molecular formula is C23H18BrN3O3. The van der Waals surface area contributed by atoms with E-state index in [9.17, 15) is 4.79 Å². The van der Waals surface area contributed by atoms with Gasteiger partial charge in [0.2, 0.25) is 0 Å². The zero-order chi connectivity index (χ0) is 20.8. The Bertz CT molecular complexity index is 1130. The number of carbonyl (C=O) groups is 1. The Kier molecular flexibility index (Phi) is 6.20. The number of ether oxygens (including phenoxy) is 1. The smallest absolute Gasteiger partial charge is 0.262 e. The minimum Gasteiger partial charge on any atom is -0.484 e. The Labute approximate surface area is 182 Å². The second-order valence-electron chi connectivity index (χ2n) is 6.51. The topological polar surface area (TPSA) is 77.2 Å². The standard InChI is InChI=1S/C23H18BrN3O3/c24-17-10-12-18(13-11-17)29-15-22(28)25-20-9-5-4-8-19(20)23-26-21(27-30-23)14-16-6-2-1-3-7-16/h1-13H,14-15H2,(H,25,28). The lowest BCUT2D eigenvalue weighted by Crippen LogP contribution is -2.20. The molecule has 3 aromatic carbocycles. The van der Waals surface area contributed by atoms with Crippen LogP contribution in [-0.4, -0.2) is 22.7 Å². The molecule has 0 unspecified atom stereocenters. The summed E-state index contributed by atoms with van der Waals surface area (Å²) in [7, 11) is 0. The maximum Gasteiger partial charge on any atom is 0.262 e. The van der Waals surface area contributed by atoms with Crippen LogP contribution in [0.2, 0.25) is 0 Å². The zero-order valence-electron chi connectivity index (χ0n) is 15.9. The minimum absolute atomic E-state index is 0.112. The SMILES string of the molecule is O=C(COc1ccc(Br)cc1)Nc1ccccc1-c1nc(Cc2ccccc2)no1. The normalized spacial score (nSPS) is 10.6. The Morgan fingerprint density at radius 1 is 0.967 bits per heavy atom. The van der Waals surface area contributed by atoms with E-state index in [-0.39, 0.29) is 12.5 Å². The number of anilines is 1. The van der Waals surface area contributed by atoms with Crippen LogP contribution in [0.15, 0.2) is 87.9 Å². The number of aromatic nitrogens is 2. The molecule has 0 aliphatic heterocycles. The molecule has 30 heavy (non-hydrogen) atoms. The van der Waals surface area contributed by atoms with Crippen molar-refractivity contribution in [3.63, 3.8) is 0 Å². The van der Waals surface area contributed by atoms with Gasteiger partial charge >= 0.3 is 0 Å². The van der Waals surface area contributed by atoms with Crippen molar-refractivity contribution in [2.24, 2.45) is 0 Å². The van der Waals surface area contributed by atoms with Crippen LogP contribution in [0.5, 0.6) is 5.75 Å². The molecule has 0 aliphatic rings. The van der Waals surface area contributed by atoms with Gasteiger partial charge in [-0.2, -0.15) is 4.98 Å². The summed E-state index contributed by atoms with van der Waals surface area (Å²) < 4.78 is 11.9. The summed E-state index contributed by atoms with van der Waals surface area (Å²) in [5.41, 5.74) is 2.33. The first-order valence-electron chi connectivity index (χ1n) is 9.31. The molecule has 7 heteroatoms. The molecule has 1 heterocycles. The number of nitrogens with one attached hydrogen (secondary N) is 1. The molecule has 0 bridgehead atoms. The average Bonchev–Trinajstić information content (AvgIpc) is 3.23. The molecule has 0 saturated carbocycles. The van der Waals surface area contributed by atoms with E-state index in [1.807, 2.05) is 60.7 Å². The first-order chi connectivity index (χ1) is 14.7. The first kappa shape index (κ1) is 19.8. The lowest BCUT2D eigenvalue weighted by atomic mass is 10.1. The van der Waals surface area contributed by atoms with Gasteiger partial charge in [-0.3, -0.25) is 4.79 Å². The molecule has 1 N–H and O–H groups in total. The predicted octanol–water partition coefficient (Wildman–Crippen LogP) is 5.11. The molecule has 0 aliphatic carbocycles. The minimum atomic E-state index is -0.283. The third-order valence-electron chi connectivity index (χ3n) is 4.29. The summed E-state index contributed by atoms with van der Waals surface area (Å²) in [5.74, 6) is 1.26. The summed E-state index contributed by atoms with van der Waals surface area (Å²) in [6.07, 6.45) is 0.569. The van der Waals surface area contributed by atoms with Gasteiger partial charge in [-0.15, -0.1) is 0 Å². The Balaban J connectivity index is 1.43. The molecule has 0 saturated heterocycles. The summed E-state index contributed by atoms with van der Waals surface area (Å²) in [5, 5.41) is 6.91. The van der Waals surface area contributed by atoms with Gasteiger partial charge in [-0.25, -0.2) is 0 Å². The van der Waals surface area contributed by atoms with Crippen LogP contribution in [-0.2, 0) is 11.2 Å². The molecule has 1 aromatic heterocycles. The molecule has 0 spiro atoms. The van der Waals surface area contributed by atoms with Crippen molar-refractivity contribution >= 4 is 27.5 Å². The number of benzene rings is 3. The fourth-order valence-electron chi connectivity index (χ4n) is 2.86. The van der Waals surface area contributed by atoms with E-state index >= 15 is 0 Å². The Morgan fingerprint density at radius 2 is 1.70 bits per heavy atom. The van der Waals surface area contributed by atoms with Gasteiger partial charge in [0.1, 0.15) is 5.75 Å². The van der Waals surface area contributed by atoms with Crippen LogP contribution in [0.3, 0.4) is 0 Å². The van der Waals surface area contributed by atoms with Crippen LogP contribution < -0.4 is 10.1 Å². The molecule has 0 atom stereocenters. The number of rotatable bonds is 7. The number of carbonyl (C=O) groups excluding carboxylic acids is 1. The van der Waals surface area contributed by atoms with Crippen molar-refractivity contribution in [3.05, 3.63) is 94.7 Å². The third-order valence-corrected chi connectivity index (χ3v) is 4.82. The van der Waals surface area contributed by atoms with E-state index in [4.69, 9.17) is 9.26 Å². The molecule has 150 valence electrons. The maximum atomic E-state index is 12.4. The van der Waals surface area contributed by atoms with Crippen molar-refractivity contribution in [2.45, 2.75) is 6.42 Å². The second-order valence-corrected chi connectivity index (χ2v) is 7.43. The van der Waals surface area contributed by atoms with E-state index in [0.29, 0.717) is 35.1 Å². The van der Waals surface area contributed by atoms with E-state index in [1.165, 1.54) is 0 Å². The van der Waals surface area contributed by atoms with Crippen LogP contribution in [0.4, 0.5) is 5.69 Å². The molecular weight excluding hydrogens is 446 g/mol. The van der Waals surface area contributed by atoms with Crippen molar-refractivity contribution in [1.29, 1.82) is 0 Å². The largest absolute Gasteiger partial charge is 0.484 e. The quantitative estimate of drug-likeness (QED) is 0.412. The van der Waals surface area contributed by atoms with Crippen molar-refractivity contribution < 1.29 is 14.1 Å². The predicted molar refractivity (Wildman–Crippen MR) is 117 cm³/mol. The summed E-state index contributed by atoms with van der Waals surface area (Å²) >= 11 is 3.37. The zero-order valence-corrected chi connectivity index (χ0v) is 17.5. The second kappa shape index (κ2) is 9.37. The number of halogens is 1. The molecule has 1 amide bonds. The summed E-state index contributed by atoms with van der Waals surface area (Å²) in [6.45, 7) is -0.112. The fraction of sp³-hybridized carbons (Fsp3) is 0.0870. The Morgan fingerprint density at radius 3 is 2.50 bits per heavy atom. The highest BCUT2D eigenvalue weighted by molar-refractivity contribution is 9.10. The van der Waals surface area contributed by atoms with Gasteiger partial charge in [-0.05, 0) is 42.0 Å². The monoisotopic (exact) mass is 463 g/mol. The fourth-order valence-corrected chi connectivity index (χ4v) is 3.12. The summed E-state index contributed by atoms with van der Waals surface area (Å²) in [6, 6.07) is 24.5. The van der Waals surface area contributed by atoms with Crippen molar-refractivity contribution in [2.75, 3.05) is 11.9 Å². The highest BCUT2D eigenvalue weighted by atomic mass is 79.9. The van der Waals surface area contributed by atoms with Gasteiger partial charge in [0.25, 0.3) is 11.8 Å². The van der Waals surface area contributed by atoms with Crippen molar-refractivity contribution in [3.8, 4) is 17.2 Å². The van der Waals surface area contributed by atoms with E-state index < -0.39 is 0 Å². The average molecular weight is 464 g/mol. The molecule has 0 radical (unpaired) electrons. The Hall–Kier alpha value is -3.45. The van der Waals surface area contributed by atoms with Crippen LogP contribution in [0.25, 0.3) is 11.5 Å². The number of para-hydroxylation sites is 1. The number of hydrogen-bond donors (Lipinski definition) is 1. The highest BCUT2D eigenvalue weighted by Crippen LogP contribution is 2.27. The van der Waals surface area contributed by atoms with Gasteiger partial charge in [-0.1, -0.05) is 63.6 Å². The number of nitrogens with zero attached hydrogens (tertiary/aromatic N) is 2. The van der Waals surface area contributed by atoms with Crippen molar-refractivity contribution in [1.82, 2.24) is 10.1 Å². The number of amides is 1. The maximum absolute atomic E-state index is 12.4. The molecule has 6 nitrogen and oxygen atoms in total. The van der Waals surface area contributed by atoms with E-state index in [2.05, 4.69) is 31.4 Å².